The highest BCUT2D eigenvalue weighted by atomic mass is 35.5. The summed E-state index contributed by atoms with van der Waals surface area (Å²) in [6, 6.07) is 11.9. The molecule has 0 aliphatic carbocycles. The van der Waals surface area contributed by atoms with E-state index in [1.54, 1.807) is 24.3 Å². The molecule has 5 rings (SSSR count). The zero-order valence-corrected chi connectivity index (χ0v) is 21.5. The summed E-state index contributed by atoms with van der Waals surface area (Å²) in [5, 5.41) is 5.03. The number of benzene rings is 1. The summed E-state index contributed by atoms with van der Waals surface area (Å²) in [5.74, 6) is 1.06. The fourth-order valence-corrected chi connectivity index (χ4v) is 5.46. The quantitative estimate of drug-likeness (QED) is 0.438. The predicted molar refractivity (Wildman–Crippen MR) is 138 cm³/mol. The fraction of sp³-hybridized carbons (Fsp3) is 0.481. The summed E-state index contributed by atoms with van der Waals surface area (Å²) in [7, 11) is 0. The van der Waals surface area contributed by atoms with Crippen molar-refractivity contribution in [3.05, 3.63) is 69.5 Å². The molecule has 9 heteroatoms. The van der Waals surface area contributed by atoms with E-state index in [-0.39, 0.29) is 23.8 Å². The van der Waals surface area contributed by atoms with Crippen LogP contribution in [0.5, 0.6) is 0 Å². The van der Waals surface area contributed by atoms with Crippen LogP contribution in [-0.2, 0) is 22.4 Å². The van der Waals surface area contributed by atoms with Gasteiger partial charge in [0.05, 0.1) is 25.3 Å². The number of halogens is 1. The molecule has 2 aliphatic rings. The van der Waals surface area contributed by atoms with Crippen molar-refractivity contribution < 1.29 is 9.53 Å². The Morgan fingerprint density at radius 3 is 2.61 bits per heavy atom. The summed E-state index contributed by atoms with van der Waals surface area (Å²) in [4.78, 5) is 33.2. The van der Waals surface area contributed by atoms with Crippen LogP contribution in [-0.4, -0.2) is 61.9 Å². The Kier molecular flexibility index (Phi) is 7.37. The number of ether oxygens (including phenoxy) is 1. The van der Waals surface area contributed by atoms with Gasteiger partial charge in [-0.2, -0.15) is 4.68 Å². The van der Waals surface area contributed by atoms with Crippen molar-refractivity contribution in [2.45, 2.75) is 58.0 Å². The molecule has 8 nitrogen and oxygen atoms in total. The number of aromatic nitrogens is 4. The van der Waals surface area contributed by atoms with Gasteiger partial charge in [0.1, 0.15) is 11.6 Å². The van der Waals surface area contributed by atoms with Gasteiger partial charge in [-0.25, -0.2) is 14.3 Å². The predicted octanol–water partition coefficient (Wildman–Crippen LogP) is 3.64. The first-order chi connectivity index (χ1) is 17.4. The molecule has 2 bridgehead atoms. The Morgan fingerprint density at radius 1 is 1.17 bits per heavy atom. The Hall–Kier alpha value is -2.81. The molecule has 4 heterocycles. The van der Waals surface area contributed by atoms with Crippen molar-refractivity contribution in [1.82, 2.24) is 24.2 Å². The lowest BCUT2D eigenvalue weighted by molar-refractivity contribution is -0.119. The van der Waals surface area contributed by atoms with Gasteiger partial charge < -0.3 is 4.74 Å². The highest BCUT2D eigenvalue weighted by Gasteiger charge is 2.36. The maximum Gasteiger partial charge on any atom is 0.356 e. The summed E-state index contributed by atoms with van der Waals surface area (Å²) < 4.78 is 8.40. The zero-order valence-electron chi connectivity index (χ0n) is 20.8. The maximum atomic E-state index is 13.5. The highest BCUT2D eigenvalue weighted by Crippen LogP contribution is 2.28. The molecule has 2 aliphatic heterocycles. The van der Waals surface area contributed by atoms with Gasteiger partial charge in [-0.3, -0.25) is 9.69 Å². The van der Waals surface area contributed by atoms with E-state index in [2.05, 4.69) is 15.0 Å². The second kappa shape index (κ2) is 10.7. The van der Waals surface area contributed by atoms with Crippen LogP contribution in [0.2, 0.25) is 5.02 Å². The molecule has 190 valence electrons. The van der Waals surface area contributed by atoms with Crippen LogP contribution in [0.1, 0.15) is 44.5 Å². The summed E-state index contributed by atoms with van der Waals surface area (Å²) in [6.07, 6.45) is 5.61. The molecule has 0 amide bonds. The minimum absolute atomic E-state index is 0.0332. The van der Waals surface area contributed by atoms with Crippen molar-refractivity contribution in [1.29, 1.82) is 0 Å². The van der Waals surface area contributed by atoms with Crippen LogP contribution in [0.25, 0.3) is 11.5 Å². The Balaban J connectivity index is 1.39. The first-order valence-electron chi connectivity index (χ1n) is 12.7. The SMILES string of the molecule is CC(C)CC(=O)Cc1nn(-c2ccc(CCN3C4CCC3COC4)cn2)c(=O)n1-c1cccc(Cl)c1. The molecule has 2 aromatic heterocycles. The van der Waals surface area contributed by atoms with E-state index < -0.39 is 0 Å². The lowest BCUT2D eigenvalue weighted by Crippen LogP contribution is -2.46. The van der Waals surface area contributed by atoms with Crippen molar-refractivity contribution in [2.24, 2.45) is 5.92 Å². The molecule has 2 atom stereocenters. The zero-order chi connectivity index (χ0) is 25.2. The van der Waals surface area contributed by atoms with E-state index in [0.29, 0.717) is 40.9 Å². The number of Topliss-reactive ketones (excluding diaryl/α,β-unsaturated/α-hetero) is 1. The van der Waals surface area contributed by atoms with E-state index in [1.807, 2.05) is 32.2 Å². The molecule has 0 N–H and O–H groups in total. The Bertz CT molecular complexity index is 1270. The smallest absolute Gasteiger partial charge is 0.356 e. The second-order valence-corrected chi connectivity index (χ2v) is 10.6. The third kappa shape index (κ3) is 5.31. The van der Waals surface area contributed by atoms with Crippen LogP contribution in [0.4, 0.5) is 0 Å². The summed E-state index contributed by atoms with van der Waals surface area (Å²) in [5.41, 5.74) is 1.30. The van der Waals surface area contributed by atoms with Crippen molar-refractivity contribution in [3.63, 3.8) is 0 Å². The number of hydrogen-bond donors (Lipinski definition) is 0. The van der Waals surface area contributed by atoms with Gasteiger partial charge >= 0.3 is 5.69 Å². The number of fused-ring (bicyclic) bond motifs is 2. The lowest BCUT2D eigenvalue weighted by atomic mass is 10.1. The number of nitrogens with zero attached hydrogens (tertiary/aromatic N) is 5. The first-order valence-corrected chi connectivity index (χ1v) is 13.0. The molecule has 2 unspecified atom stereocenters. The number of ketones is 1. The number of morpholine rings is 1. The van der Waals surface area contributed by atoms with E-state index in [1.165, 1.54) is 22.1 Å². The van der Waals surface area contributed by atoms with E-state index >= 15 is 0 Å². The van der Waals surface area contributed by atoms with Crippen molar-refractivity contribution in [3.8, 4) is 11.5 Å². The van der Waals surface area contributed by atoms with Crippen LogP contribution in [0.3, 0.4) is 0 Å². The van der Waals surface area contributed by atoms with Crippen molar-refractivity contribution >= 4 is 17.4 Å². The normalized spacial score (nSPS) is 19.8. The molecule has 0 saturated carbocycles. The lowest BCUT2D eigenvalue weighted by Gasteiger charge is -2.34. The third-order valence-electron chi connectivity index (χ3n) is 6.98. The Labute approximate surface area is 215 Å². The maximum absolute atomic E-state index is 13.5. The topological polar surface area (TPSA) is 82.2 Å². The second-order valence-electron chi connectivity index (χ2n) is 10.2. The number of hydrogen-bond acceptors (Lipinski definition) is 6. The monoisotopic (exact) mass is 509 g/mol. The van der Waals surface area contributed by atoms with Gasteiger partial charge in [0.15, 0.2) is 5.82 Å². The molecule has 3 aromatic rings. The minimum Gasteiger partial charge on any atom is -0.378 e. The van der Waals surface area contributed by atoms with Crippen molar-refractivity contribution in [2.75, 3.05) is 19.8 Å². The number of carbonyl (C=O) groups is 1. The number of pyridine rings is 1. The standard InChI is InChI=1S/C27H32ClN5O3/c1-18(2)12-24(34)14-26-30-33(27(35)32(26)21-5-3-4-20(28)13-21)25-9-6-19(15-29-25)10-11-31-22-7-8-23(31)17-36-16-22/h3-6,9,13,15,18,22-23H,7-8,10-12,14,16-17H2,1-2H3. The van der Waals surface area contributed by atoms with Crippen LogP contribution in [0.15, 0.2) is 47.4 Å². The number of carbonyl (C=O) groups excluding carboxylic acids is 1. The van der Waals surface area contributed by atoms with Gasteiger partial charge in [0, 0.05) is 36.3 Å². The third-order valence-corrected chi connectivity index (χ3v) is 7.22. The van der Waals surface area contributed by atoms with Gasteiger partial charge in [-0.1, -0.05) is 37.6 Å². The van der Waals surface area contributed by atoms with Crippen LogP contribution >= 0.6 is 11.6 Å². The molecule has 1 aromatic carbocycles. The fourth-order valence-electron chi connectivity index (χ4n) is 5.28. The van der Waals surface area contributed by atoms with Crippen LogP contribution in [0, 0.1) is 5.92 Å². The van der Waals surface area contributed by atoms with Gasteiger partial charge in [0.25, 0.3) is 0 Å². The summed E-state index contributed by atoms with van der Waals surface area (Å²) >= 11 is 6.19. The van der Waals surface area contributed by atoms with Crippen LogP contribution < -0.4 is 5.69 Å². The van der Waals surface area contributed by atoms with Gasteiger partial charge in [-0.15, -0.1) is 5.10 Å². The highest BCUT2D eigenvalue weighted by molar-refractivity contribution is 6.30. The molecule has 0 spiro atoms. The van der Waals surface area contributed by atoms with E-state index in [4.69, 9.17) is 16.3 Å². The molecular weight excluding hydrogens is 478 g/mol. The number of rotatable bonds is 9. The molecule has 0 radical (unpaired) electrons. The molecule has 36 heavy (non-hydrogen) atoms. The molecular formula is C27H32ClN5O3. The minimum atomic E-state index is -0.380. The molecule has 2 saturated heterocycles. The van der Waals surface area contributed by atoms with E-state index in [0.717, 1.165) is 31.7 Å². The first kappa shape index (κ1) is 24.9. The largest absolute Gasteiger partial charge is 0.378 e. The average molecular weight is 510 g/mol. The molecule has 2 fully saturated rings. The van der Waals surface area contributed by atoms with Gasteiger partial charge in [0.2, 0.25) is 0 Å². The van der Waals surface area contributed by atoms with E-state index in [9.17, 15) is 9.59 Å². The average Bonchev–Trinajstić information content (AvgIpc) is 3.27. The summed E-state index contributed by atoms with van der Waals surface area (Å²) in [6.45, 7) is 6.62. The Morgan fingerprint density at radius 2 is 1.94 bits per heavy atom. The van der Waals surface area contributed by atoms with Gasteiger partial charge in [-0.05, 0) is 55.0 Å².